The molecule has 1 unspecified atom stereocenters. The van der Waals surface area contributed by atoms with E-state index < -0.39 is 5.97 Å². The van der Waals surface area contributed by atoms with Crippen molar-refractivity contribution in [2.24, 2.45) is 5.41 Å². The fourth-order valence-electron chi connectivity index (χ4n) is 3.98. The van der Waals surface area contributed by atoms with Crippen LogP contribution in [0.15, 0.2) is 42.5 Å². The van der Waals surface area contributed by atoms with Crippen LogP contribution in [-0.2, 0) is 4.79 Å². The second-order valence-corrected chi connectivity index (χ2v) is 10.0. The minimum absolute atomic E-state index is 0.0474. The number of nitrogens with one attached hydrogen (secondary N) is 1. The number of hydrogen-bond donors (Lipinski definition) is 2. The number of carboxylic acids is 1. The SMILES string of the molecule is COc1ccc(-c2c(C)c(C(=O)NC(CCC(=O)O)C(C)(C)C)nn2-c2ccc(OC)cc2Cl)cc1. The third-order valence-electron chi connectivity index (χ3n) is 6.08. The van der Waals surface area contributed by atoms with Crippen LogP contribution in [0.3, 0.4) is 0 Å². The van der Waals surface area contributed by atoms with Gasteiger partial charge >= 0.3 is 5.97 Å². The lowest BCUT2D eigenvalue weighted by molar-refractivity contribution is -0.137. The quantitative estimate of drug-likeness (QED) is 0.390. The summed E-state index contributed by atoms with van der Waals surface area (Å²) in [5.41, 5.74) is 2.66. The Hall–Kier alpha value is -3.52. The largest absolute Gasteiger partial charge is 0.497 e. The molecule has 1 aromatic heterocycles. The summed E-state index contributed by atoms with van der Waals surface area (Å²) >= 11 is 6.59. The third kappa shape index (κ3) is 5.99. The molecule has 0 spiro atoms. The number of carbonyl (C=O) groups is 2. The number of carbonyl (C=O) groups excluding carboxylic acids is 1. The minimum atomic E-state index is -0.908. The van der Waals surface area contributed by atoms with E-state index >= 15 is 0 Å². The number of halogens is 1. The van der Waals surface area contributed by atoms with Gasteiger partial charge in [0.05, 0.1) is 30.6 Å². The Morgan fingerprint density at radius 3 is 2.22 bits per heavy atom. The number of aliphatic carboxylic acids is 1. The maximum Gasteiger partial charge on any atom is 0.303 e. The smallest absolute Gasteiger partial charge is 0.303 e. The van der Waals surface area contributed by atoms with Crippen molar-refractivity contribution in [1.29, 1.82) is 0 Å². The predicted molar refractivity (Wildman–Crippen MR) is 139 cm³/mol. The first-order valence-corrected chi connectivity index (χ1v) is 11.9. The highest BCUT2D eigenvalue weighted by Crippen LogP contribution is 2.34. The maximum absolute atomic E-state index is 13.5. The van der Waals surface area contributed by atoms with Gasteiger partial charge in [-0.3, -0.25) is 9.59 Å². The summed E-state index contributed by atoms with van der Waals surface area (Å²) in [5.74, 6) is 0.0169. The van der Waals surface area contributed by atoms with Crippen molar-refractivity contribution >= 4 is 23.5 Å². The second kappa shape index (κ2) is 11.0. The molecule has 2 aromatic carbocycles. The molecular formula is C27H32ClN3O5. The molecule has 0 aliphatic rings. The van der Waals surface area contributed by atoms with Crippen molar-refractivity contribution in [3.8, 4) is 28.4 Å². The summed E-state index contributed by atoms with van der Waals surface area (Å²) in [6.07, 6.45) is 0.258. The van der Waals surface area contributed by atoms with Crippen LogP contribution in [0.4, 0.5) is 0 Å². The summed E-state index contributed by atoms with van der Waals surface area (Å²) < 4.78 is 12.2. The summed E-state index contributed by atoms with van der Waals surface area (Å²) in [5, 5.41) is 17.3. The van der Waals surface area contributed by atoms with E-state index in [9.17, 15) is 9.59 Å². The van der Waals surface area contributed by atoms with Gasteiger partial charge in [0, 0.05) is 29.7 Å². The Labute approximate surface area is 216 Å². The molecule has 3 rings (SSSR count). The number of methoxy groups -OCH3 is 2. The number of ether oxygens (including phenoxy) is 2. The number of hydrogen-bond acceptors (Lipinski definition) is 5. The van der Waals surface area contributed by atoms with Crippen molar-refractivity contribution in [2.45, 2.75) is 46.6 Å². The molecule has 3 aromatic rings. The maximum atomic E-state index is 13.5. The molecule has 0 fully saturated rings. The zero-order valence-electron chi connectivity index (χ0n) is 21.4. The highest BCUT2D eigenvalue weighted by molar-refractivity contribution is 6.32. The van der Waals surface area contributed by atoms with Gasteiger partial charge < -0.3 is 19.9 Å². The van der Waals surface area contributed by atoms with Crippen LogP contribution in [0.25, 0.3) is 16.9 Å². The van der Waals surface area contributed by atoms with Crippen molar-refractivity contribution in [2.75, 3.05) is 14.2 Å². The van der Waals surface area contributed by atoms with Crippen molar-refractivity contribution in [3.63, 3.8) is 0 Å². The zero-order chi connectivity index (χ0) is 26.6. The van der Waals surface area contributed by atoms with Gasteiger partial charge in [0.2, 0.25) is 0 Å². The molecule has 0 saturated heterocycles. The van der Waals surface area contributed by atoms with Gasteiger partial charge in [-0.1, -0.05) is 32.4 Å². The Morgan fingerprint density at radius 2 is 1.69 bits per heavy atom. The number of rotatable bonds is 9. The van der Waals surface area contributed by atoms with E-state index in [0.717, 1.165) is 5.56 Å². The molecule has 0 radical (unpaired) electrons. The molecule has 192 valence electrons. The lowest BCUT2D eigenvalue weighted by atomic mass is 9.84. The predicted octanol–water partition coefficient (Wildman–Crippen LogP) is 5.53. The minimum Gasteiger partial charge on any atom is -0.497 e. The summed E-state index contributed by atoms with van der Waals surface area (Å²) in [6, 6.07) is 12.3. The molecule has 0 bridgehead atoms. The van der Waals surface area contributed by atoms with Gasteiger partial charge in [0.1, 0.15) is 11.5 Å². The molecule has 1 atom stereocenters. The topological polar surface area (TPSA) is 103 Å². The first kappa shape index (κ1) is 27.1. The molecule has 8 nitrogen and oxygen atoms in total. The molecule has 36 heavy (non-hydrogen) atoms. The lowest BCUT2D eigenvalue weighted by Crippen LogP contribution is -2.44. The molecule has 1 heterocycles. The van der Waals surface area contributed by atoms with Crippen LogP contribution in [0.1, 0.15) is 49.7 Å². The molecule has 0 aliphatic heterocycles. The highest BCUT2D eigenvalue weighted by atomic mass is 35.5. The van der Waals surface area contributed by atoms with E-state index in [4.69, 9.17) is 26.2 Å². The second-order valence-electron chi connectivity index (χ2n) is 9.60. The van der Waals surface area contributed by atoms with Crippen LogP contribution in [0.2, 0.25) is 5.02 Å². The number of carboxylic acid groups (broad SMARTS) is 1. The van der Waals surface area contributed by atoms with Crippen LogP contribution >= 0.6 is 11.6 Å². The first-order valence-electron chi connectivity index (χ1n) is 11.6. The third-order valence-corrected chi connectivity index (χ3v) is 6.38. The molecule has 2 N–H and O–H groups in total. The zero-order valence-corrected chi connectivity index (χ0v) is 22.1. The first-order chi connectivity index (χ1) is 17.0. The summed E-state index contributed by atoms with van der Waals surface area (Å²) in [4.78, 5) is 24.6. The average molecular weight is 514 g/mol. The van der Waals surface area contributed by atoms with Crippen LogP contribution in [-0.4, -0.2) is 47.0 Å². The number of amides is 1. The van der Waals surface area contributed by atoms with E-state index in [0.29, 0.717) is 39.9 Å². The lowest BCUT2D eigenvalue weighted by Gasteiger charge is -2.31. The molecule has 0 aliphatic carbocycles. The van der Waals surface area contributed by atoms with Crippen molar-refractivity contribution in [1.82, 2.24) is 15.1 Å². The van der Waals surface area contributed by atoms with Crippen molar-refractivity contribution in [3.05, 3.63) is 58.7 Å². The van der Waals surface area contributed by atoms with Gasteiger partial charge in [0.25, 0.3) is 5.91 Å². The fraction of sp³-hybridized carbons (Fsp3) is 0.370. The molecule has 0 saturated carbocycles. The normalized spacial score (nSPS) is 12.2. The van der Waals surface area contributed by atoms with E-state index in [1.807, 2.05) is 52.0 Å². The molecule has 1 amide bonds. The number of aromatic nitrogens is 2. The molecular weight excluding hydrogens is 482 g/mol. The Morgan fingerprint density at radius 1 is 1.08 bits per heavy atom. The average Bonchev–Trinajstić information content (AvgIpc) is 3.17. The van der Waals surface area contributed by atoms with E-state index in [2.05, 4.69) is 10.4 Å². The van der Waals surface area contributed by atoms with Crippen LogP contribution < -0.4 is 14.8 Å². The van der Waals surface area contributed by atoms with Gasteiger partial charge in [0.15, 0.2) is 5.69 Å². The Balaban J connectivity index is 2.11. The monoisotopic (exact) mass is 513 g/mol. The highest BCUT2D eigenvalue weighted by Gasteiger charge is 2.30. The van der Waals surface area contributed by atoms with E-state index in [-0.39, 0.29) is 29.5 Å². The van der Waals surface area contributed by atoms with Gasteiger partial charge in [-0.05, 0) is 55.2 Å². The van der Waals surface area contributed by atoms with Gasteiger partial charge in [-0.25, -0.2) is 4.68 Å². The van der Waals surface area contributed by atoms with Crippen LogP contribution in [0, 0.1) is 12.3 Å². The van der Waals surface area contributed by atoms with E-state index in [1.165, 1.54) is 0 Å². The standard InChI is InChI=1S/C27H32ClN3O5/c1-16-24(26(34)29-22(27(2,3)4)13-14-23(32)33)30-31(21-12-11-19(36-6)15-20(21)28)25(16)17-7-9-18(35-5)10-8-17/h7-12,15,22H,13-14H2,1-6H3,(H,29,34)(H,32,33). The number of benzene rings is 2. The van der Waals surface area contributed by atoms with Crippen LogP contribution in [0.5, 0.6) is 11.5 Å². The summed E-state index contributed by atoms with van der Waals surface area (Å²) in [7, 11) is 3.16. The number of nitrogens with zero attached hydrogens (tertiary/aromatic N) is 2. The van der Waals surface area contributed by atoms with Gasteiger partial charge in [-0.2, -0.15) is 5.10 Å². The van der Waals surface area contributed by atoms with E-state index in [1.54, 1.807) is 37.1 Å². The Kier molecular flexibility index (Phi) is 8.30. The van der Waals surface area contributed by atoms with Crippen molar-refractivity contribution < 1.29 is 24.2 Å². The fourth-order valence-corrected chi connectivity index (χ4v) is 4.23. The Bertz CT molecular complexity index is 1250. The molecule has 9 heteroatoms. The summed E-state index contributed by atoms with van der Waals surface area (Å²) in [6.45, 7) is 7.72. The van der Waals surface area contributed by atoms with Gasteiger partial charge in [-0.15, -0.1) is 0 Å².